The molecule has 0 atom stereocenters. The highest BCUT2D eigenvalue weighted by molar-refractivity contribution is 5.70. The molecular formula is C10H8N2O4. The summed E-state index contributed by atoms with van der Waals surface area (Å²) in [6.45, 7) is 0. The molecule has 0 fully saturated rings. The van der Waals surface area contributed by atoms with Gasteiger partial charge in [0.15, 0.2) is 0 Å². The molecule has 0 N–H and O–H groups in total. The zero-order valence-corrected chi connectivity index (χ0v) is 8.68. The van der Waals surface area contributed by atoms with Gasteiger partial charge in [0.2, 0.25) is 12.2 Å². The van der Waals surface area contributed by atoms with Crippen LogP contribution in [0.15, 0.2) is 22.1 Å². The highest BCUT2D eigenvalue weighted by Crippen LogP contribution is 2.39. The molecule has 1 rings (SSSR count). The van der Waals surface area contributed by atoms with E-state index in [0.717, 1.165) is 0 Å². The fraction of sp³-hybridized carbons (Fsp3) is 0.200. The minimum atomic E-state index is 0.215. The number of ether oxygens (including phenoxy) is 2. The lowest BCUT2D eigenvalue weighted by molar-refractivity contribution is 0.396. The van der Waals surface area contributed by atoms with Crippen LogP contribution in [0, 0.1) is 0 Å². The molecule has 1 aromatic rings. The Balaban J connectivity index is 3.45. The Morgan fingerprint density at radius 2 is 1.38 bits per heavy atom. The summed E-state index contributed by atoms with van der Waals surface area (Å²) in [5.74, 6) is 0.648. The van der Waals surface area contributed by atoms with Crippen molar-refractivity contribution in [1.82, 2.24) is 0 Å². The summed E-state index contributed by atoms with van der Waals surface area (Å²) in [5.41, 5.74) is 0.430. The number of carbonyl (C=O) groups excluding carboxylic acids is 2. The number of methoxy groups -OCH3 is 2. The van der Waals surface area contributed by atoms with Crippen molar-refractivity contribution in [3.8, 4) is 11.5 Å². The van der Waals surface area contributed by atoms with Crippen LogP contribution in [-0.2, 0) is 9.59 Å². The van der Waals surface area contributed by atoms with Gasteiger partial charge in [0, 0.05) is 6.07 Å². The number of hydrogen-bond donors (Lipinski definition) is 0. The maximum absolute atomic E-state index is 10.2. The van der Waals surface area contributed by atoms with E-state index in [0.29, 0.717) is 11.5 Å². The molecule has 0 spiro atoms. The number of aliphatic imine (C=N–C) groups is 2. The van der Waals surface area contributed by atoms with Crippen LogP contribution in [0.25, 0.3) is 0 Å². The van der Waals surface area contributed by atoms with Gasteiger partial charge < -0.3 is 9.47 Å². The van der Waals surface area contributed by atoms with E-state index in [4.69, 9.17) is 9.47 Å². The van der Waals surface area contributed by atoms with Crippen molar-refractivity contribution in [2.75, 3.05) is 14.2 Å². The van der Waals surface area contributed by atoms with Gasteiger partial charge in [-0.15, -0.1) is 0 Å². The average Bonchev–Trinajstić information content (AvgIpc) is 2.30. The smallest absolute Gasteiger partial charge is 0.240 e. The van der Waals surface area contributed by atoms with Crippen LogP contribution < -0.4 is 9.47 Å². The third kappa shape index (κ3) is 2.33. The molecule has 0 aromatic heterocycles. The first kappa shape index (κ1) is 11.7. The summed E-state index contributed by atoms with van der Waals surface area (Å²) in [6, 6.07) is 2.83. The summed E-state index contributed by atoms with van der Waals surface area (Å²) in [6.07, 6.45) is 2.76. The van der Waals surface area contributed by atoms with Crippen molar-refractivity contribution in [1.29, 1.82) is 0 Å². The van der Waals surface area contributed by atoms with Gasteiger partial charge in [0.05, 0.1) is 14.2 Å². The van der Waals surface area contributed by atoms with Gasteiger partial charge in [0.25, 0.3) is 0 Å². The predicted octanol–water partition coefficient (Wildman–Crippen LogP) is 1.64. The lowest BCUT2D eigenvalue weighted by Gasteiger charge is -2.08. The van der Waals surface area contributed by atoms with Crippen molar-refractivity contribution in [2.45, 2.75) is 0 Å². The highest BCUT2D eigenvalue weighted by atomic mass is 16.5. The van der Waals surface area contributed by atoms with Crippen LogP contribution in [0.5, 0.6) is 11.5 Å². The summed E-state index contributed by atoms with van der Waals surface area (Å²) in [7, 11) is 2.84. The van der Waals surface area contributed by atoms with Gasteiger partial charge >= 0.3 is 0 Å². The Kier molecular flexibility index (Phi) is 3.98. The van der Waals surface area contributed by atoms with E-state index in [-0.39, 0.29) is 11.4 Å². The maximum Gasteiger partial charge on any atom is 0.240 e. The van der Waals surface area contributed by atoms with Crippen molar-refractivity contribution >= 4 is 23.5 Å². The largest absolute Gasteiger partial charge is 0.494 e. The first-order valence-electron chi connectivity index (χ1n) is 4.18. The second-order valence-electron chi connectivity index (χ2n) is 2.60. The topological polar surface area (TPSA) is 77.3 Å². The molecule has 0 aliphatic rings. The van der Waals surface area contributed by atoms with Gasteiger partial charge in [-0.3, -0.25) is 0 Å². The fourth-order valence-corrected chi connectivity index (χ4v) is 1.14. The van der Waals surface area contributed by atoms with Crippen LogP contribution in [-0.4, -0.2) is 26.4 Å². The predicted molar refractivity (Wildman–Crippen MR) is 55.1 cm³/mol. The highest BCUT2D eigenvalue weighted by Gasteiger charge is 2.10. The molecule has 6 heteroatoms. The van der Waals surface area contributed by atoms with Gasteiger partial charge in [0.1, 0.15) is 22.9 Å². The number of rotatable bonds is 4. The molecule has 6 nitrogen and oxygen atoms in total. The van der Waals surface area contributed by atoms with E-state index in [1.54, 1.807) is 0 Å². The third-order valence-electron chi connectivity index (χ3n) is 1.81. The molecule has 0 aliphatic heterocycles. The van der Waals surface area contributed by atoms with E-state index < -0.39 is 0 Å². The lowest BCUT2D eigenvalue weighted by Crippen LogP contribution is -1.88. The van der Waals surface area contributed by atoms with E-state index in [9.17, 15) is 9.59 Å². The van der Waals surface area contributed by atoms with Gasteiger partial charge in [-0.1, -0.05) is 0 Å². The molecule has 0 saturated carbocycles. The quantitative estimate of drug-likeness (QED) is 0.570. The van der Waals surface area contributed by atoms with Crippen molar-refractivity contribution < 1.29 is 19.1 Å². The second-order valence-corrected chi connectivity index (χ2v) is 2.60. The minimum absolute atomic E-state index is 0.215. The van der Waals surface area contributed by atoms with E-state index in [1.807, 2.05) is 0 Å². The Hall–Kier alpha value is -2.42. The number of benzene rings is 1. The molecule has 16 heavy (non-hydrogen) atoms. The van der Waals surface area contributed by atoms with Crippen molar-refractivity contribution in [3.05, 3.63) is 12.1 Å². The molecule has 0 saturated heterocycles. The standard InChI is InChI=1S/C10H8N2O4/c1-15-9-4-10(16-2)8(12-6-14)3-7(9)11-5-13/h3-4H,1-2H3. The second kappa shape index (κ2) is 5.46. The number of hydrogen-bond acceptors (Lipinski definition) is 6. The van der Waals surface area contributed by atoms with Crippen LogP contribution in [0.4, 0.5) is 11.4 Å². The van der Waals surface area contributed by atoms with Crippen LogP contribution in [0.3, 0.4) is 0 Å². The number of nitrogens with zero attached hydrogens (tertiary/aromatic N) is 2. The molecule has 0 unspecified atom stereocenters. The van der Waals surface area contributed by atoms with Gasteiger partial charge in [-0.05, 0) is 6.07 Å². The van der Waals surface area contributed by atoms with Crippen LogP contribution in [0.1, 0.15) is 0 Å². The zero-order valence-electron chi connectivity index (χ0n) is 8.68. The summed E-state index contributed by atoms with van der Waals surface area (Å²) in [5, 5.41) is 0. The first-order valence-corrected chi connectivity index (χ1v) is 4.18. The van der Waals surface area contributed by atoms with Gasteiger partial charge in [-0.25, -0.2) is 9.59 Å². The summed E-state index contributed by atoms with van der Waals surface area (Å²) < 4.78 is 9.96. The Bertz CT molecular complexity index is 445. The van der Waals surface area contributed by atoms with E-state index in [2.05, 4.69) is 9.98 Å². The Morgan fingerprint density at radius 1 is 0.938 bits per heavy atom. The molecule has 0 amide bonds. The fourth-order valence-electron chi connectivity index (χ4n) is 1.14. The monoisotopic (exact) mass is 220 g/mol. The van der Waals surface area contributed by atoms with Gasteiger partial charge in [-0.2, -0.15) is 9.98 Å². The molecule has 0 aliphatic carbocycles. The minimum Gasteiger partial charge on any atom is -0.494 e. The average molecular weight is 220 g/mol. The lowest BCUT2D eigenvalue weighted by atomic mass is 10.2. The third-order valence-corrected chi connectivity index (χ3v) is 1.81. The molecule has 0 radical (unpaired) electrons. The Labute approximate surface area is 91.2 Å². The van der Waals surface area contributed by atoms with Crippen molar-refractivity contribution in [2.24, 2.45) is 9.98 Å². The Morgan fingerprint density at radius 3 is 1.69 bits per heavy atom. The first-order chi connectivity index (χ1) is 7.76. The van der Waals surface area contributed by atoms with E-state index in [1.165, 1.54) is 38.5 Å². The molecular weight excluding hydrogens is 212 g/mol. The van der Waals surface area contributed by atoms with Crippen LogP contribution in [0.2, 0.25) is 0 Å². The summed E-state index contributed by atoms with van der Waals surface area (Å²) in [4.78, 5) is 27.2. The molecule has 1 aromatic carbocycles. The zero-order chi connectivity index (χ0) is 12.0. The molecule has 0 bridgehead atoms. The number of isocyanates is 2. The normalized spacial score (nSPS) is 8.62. The van der Waals surface area contributed by atoms with Crippen molar-refractivity contribution in [3.63, 3.8) is 0 Å². The van der Waals surface area contributed by atoms with Crippen LogP contribution >= 0.6 is 0 Å². The molecule has 0 heterocycles. The van der Waals surface area contributed by atoms with E-state index >= 15 is 0 Å². The summed E-state index contributed by atoms with van der Waals surface area (Å²) >= 11 is 0. The SMILES string of the molecule is COc1cc(OC)c(N=C=O)cc1N=C=O. The molecule has 82 valence electrons. The maximum atomic E-state index is 10.2.